The number of amides is 1. The third-order valence-electron chi connectivity index (χ3n) is 3.29. The van der Waals surface area contributed by atoms with Crippen LogP contribution in [0, 0.1) is 0 Å². The van der Waals surface area contributed by atoms with Gasteiger partial charge in [-0.05, 0) is 6.07 Å². The molecule has 1 aromatic carbocycles. The van der Waals surface area contributed by atoms with E-state index in [9.17, 15) is 14.7 Å². The summed E-state index contributed by atoms with van der Waals surface area (Å²) < 4.78 is 5.57. The molecule has 0 aromatic heterocycles. The second-order valence-corrected chi connectivity index (χ2v) is 4.89. The van der Waals surface area contributed by atoms with Crippen molar-refractivity contribution >= 4 is 11.9 Å². The van der Waals surface area contributed by atoms with Crippen LogP contribution in [0.3, 0.4) is 0 Å². The minimum atomic E-state index is -0.977. The molecule has 20 heavy (non-hydrogen) atoms. The fraction of sp³-hybridized carbons (Fsp3) is 0.429. The molecule has 0 fully saturated rings. The first kappa shape index (κ1) is 14.3. The Balaban J connectivity index is 2.33. The number of carbonyl (C=O) groups is 2. The summed E-state index contributed by atoms with van der Waals surface area (Å²) in [5.74, 6) is -0.537. The number of hydrogen-bond donors (Lipinski definition) is 1. The Morgan fingerprint density at radius 3 is 2.75 bits per heavy atom. The lowest BCUT2D eigenvalue weighted by Crippen LogP contribution is -2.42. The van der Waals surface area contributed by atoms with Crippen molar-refractivity contribution in [1.82, 2.24) is 9.80 Å². The number of carbonyl (C=O) groups excluding carboxylic acids is 1. The van der Waals surface area contributed by atoms with Crippen molar-refractivity contribution in [2.75, 3.05) is 33.8 Å². The minimum Gasteiger partial charge on any atom is -0.492 e. The van der Waals surface area contributed by atoms with Crippen LogP contribution < -0.4 is 4.74 Å². The van der Waals surface area contributed by atoms with Gasteiger partial charge in [0.05, 0.1) is 6.54 Å². The fourth-order valence-electron chi connectivity index (χ4n) is 2.21. The van der Waals surface area contributed by atoms with E-state index in [4.69, 9.17) is 4.74 Å². The number of aliphatic carboxylic acids is 1. The SMILES string of the molecule is CN(C)C(=O)CN1CCOc2ccccc2C1C(=O)O. The van der Waals surface area contributed by atoms with E-state index in [-0.39, 0.29) is 12.5 Å². The molecule has 0 spiro atoms. The molecule has 1 aromatic rings. The lowest BCUT2D eigenvalue weighted by molar-refractivity contribution is -0.144. The zero-order valence-corrected chi connectivity index (χ0v) is 11.6. The molecule has 0 radical (unpaired) electrons. The van der Waals surface area contributed by atoms with E-state index in [0.717, 1.165) is 0 Å². The van der Waals surface area contributed by atoms with Gasteiger partial charge in [-0.25, -0.2) is 0 Å². The van der Waals surface area contributed by atoms with E-state index < -0.39 is 12.0 Å². The van der Waals surface area contributed by atoms with Gasteiger partial charge in [-0.2, -0.15) is 0 Å². The van der Waals surface area contributed by atoms with Crippen molar-refractivity contribution in [2.45, 2.75) is 6.04 Å². The molecule has 0 saturated carbocycles. The van der Waals surface area contributed by atoms with Crippen LogP contribution in [-0.4, -0.2) is 60.6 Å². The predicted molar refractivity (Wildman–Crippen MR) is 72.6 cm³/mol. The molecule has 1 heterocycles. The van der Waals surface area contributed by atoms with Gasteiger partial charge in [0, 0.05) is 26.2 Å². The third-order valence-corrected chi connectivity index (χ3v) is 3.29. The summed E-state index contributed by atoms with van der Waals surface area (Å²) in [6, 6.07) is 6.20. The maximum Gasteiger partial charge on any atom is 0.325 e. The average molecular weight is 278 g/mol. The van der Waals surface area contributed by atoms with Gasteiger partial charge in [-0.15, -0.1) is 0 Å². The summed E-state index contributed by atoms with van der Waals surface area (Å²) in [4.78, 5) is 26.6. The highest BCUT2D eigenvalue weighted by Crippen LogP contribution is 2.31. The van der Waals surface area contributed by atoms with Crippen LogP contribution in [0.5, 0.6) is 5.75 Å². The minimum absolute atomic E-state index is 0.0572. The molecule has 1 aliphatic heterocycles. The Morgan fingerprint density at radius 1 is 1.40 bits per heavy atom. The molecule has 108 valence electrons. The Kier molecular flexibility index (Phi) is 4.24. The van der Waals surface area contributed by atoms with Crippen molar-refractivity contribution in [1.29, 1.82) is 0 Å². The van der Waals surface area contributed by atoms with Crippen molar-refractivity contribution in [2.24, 2.45) is 0 Å². The van der Waals surface area contributed by atoms with Gasteiger partial charge in [0.25, 0.3) is 0 Å². The Bertz CT molecular complexity index is 516. The van der Waals surface area contributed by atoms with Gasteiger partial charge >= 0.3 is 5.97 Å². The molecule has 1 amide bonds. The number of hydrogen-bond acceptors (Lipinski definition) is 4. The summed E-state index contributed by atoms with van der Waals surface area (Å²) in [6.07, 6.45) is 0. The van der Waals surface area contributed by atoms with E-state index in [1.54, 1.807) is 43.3 Å². The van der Waals surface area contributed by atoms with Gasteiger partial charge in [0.1, 0.15) is 18.4 Å². The maximum atomic E-state index is 11.9. The summed E-state index contributed by atoms with van der Waals surface area (Å²) >= 11 is 0. The van der Waals surface area contributed by atoms with E-state index in [2.05, 4.69) is 0 Å². The Morgan fingerprint density at radius 2 is 2.10 bits per heavy atom. The molecule has 6 nitrogen and oxygen atoms in total. The van der Waals surface area contributed by atoms with Crippen molar-refractivity contribution < 1.29 is 19.4 Å². The molecule has 6 heteroatoms. The predicted octanol–water partition coefficient (Wildman–Crippen LogP) is 0.595. The summed E-state index contributed by atoms with van der Waals surface area (Å²) in [6.45, 7) is 0.814. The number of para-hydroxylation sites is 1. The molecule has 1 N–H and O–H groups in total. The largest absolute Gasteiger partial charge is 0.492 e. The van der Waals surface area contributed by atoms with Crippen LogP contribution in [-0.2, 0) is 9.59 Å². The number of carboxylic acid groups (broad SMARTS) is 1. The highest BCUT2D eigenvalue weighted by molar-refractivity contribution is 5.81. The number of rotatable bonds is 3. The van der Waals surface area contributed by atoms with Gasteiger partial charge in [0.15, 0.2) is 0 Å². The molecule has 1 unspecified atom stereocenters. The lowest BCUT2D eigenvalue weighted by Gasteiger charge is -2.27. The lowest BCUT2D eigenvalue weighted by atomic mass is 10.0. The molecule has 1 atom stereocenters. The van der Waals surface area contributed by atoms with Crippen molar-refractivity contribution in [3.8, 4) is 5.75 Å². The van der Waals surface area contributed by atoms with Crippen LogP contribution in [0.4, 0.5) is 0 Å². The number of benzene rings is 1. The van der Waals surface area contributed by atoms with Gasteiger partial charge in [-0.3, -0.25) is 14.5 Å². The van der Waals surface area contributed by atoms with E-state index in [1.807, 2.05) is 0 Å². The van der Waals surface area contributed by atoms with Crippen molar-refractivity contribution in [3.63, 3.8) is 0 Å². The third kappa shape index (κ3) is 2.91. The topological polar surface area (TPSA) is 70.1 Å². The Labute approximate surface area is 117 Å². The van der Waals surface area contributed by atoms with Crippen LogP contribution in [0.25, 0.3) is 0 Å². The first-order chi connectivity index (χ1) is 9.50. The molecular formula is C14H18N2O4. The second-order valence-electron chi connectivity index (χ2n) is 4.89. The first-order valence-electron chi connectivity index (χ1n) is 6.39. The molecule has 0 bridgehead atoms. The first-order valence-corrected chi connectivity index (χ1v) is 6.39. The van der Waals surface area contributed by atoms with Crippen molar-refractivity contribution in [3.05, 3.63) is 29.8 Å². The second kappa shape index (κ2) is 5.92. The van der Waals surface area contributed by atoms with Crippen LogP contribution in [0.2, 0.25) is 0 Å². The zero-order valence-electron chi connectivity index (χ0n) is 11.6. The number of nitrogens with zero attached hydrogens (tertiary/aromatic N) is 2. The molecule has 0 saturated heterocycles. The normalized spacial score (nSPS) is 18.6. The summed E-state index contributed by atoms with van der Waals surface area (Å²) in [5.41, 5.74) is 0.587. The standard InChI is InChI=1S/C14H18N2O4/c1-15(2)12(17)9-16-7-8-20-11-6-4-3-5-10(11)13(16)14(18)19/h3-6,13H,7-9H2,1-2H3,(H,18,19). The maximum absolute atomic E-state index is 11.9. The summed E-state index contributed by atoms with van der Waals surface area (Å²) in [5, 5.41) is 9.51. The molecule has 0 aliphatic carbocycles. The Hall–Kier alpha value is -2.08. The van der Waals surface area contributed by atoms with Crippen LogP contribution in [0.15, 0.2) is 24.3 Å². The summed E-state index contributed by atoms with van der Waals surface area (Å²) in [7, 11) is 3.31. The van der Waals surface area contributed by atoms with Crippen LogP contribution >= 0.6 is 0 Å². The van der Waals surface area contributed by atoms with Gasteiger partial charge < -0.3 is 14.7 Å². The highest BCUT2D eigenvalue weighted by Gasteiger charge is 2.33. The molecule has 2 rings (SSSR count). The average Bonchev–Trinajstić information content (AvgIpc) is 2.57. The van der Waals surface area contributed by atoms with Crippen LogP contribution in [0.1, 0.15) is 11.6 Å². The quantitative estimate of drug-likeness (QED) is 0.876. The molecular weight excluding hydrogens is 260 g/mol. The highest BCUT2D eigenvalue weighted by atomic mass is 16.5. The van der Waals surface area contributed by atoms with Gasteiger partial charge in [0.2, 0.25) is 5.91 Å². The smallest absolute Gasteiger partial charge is 0.325 e. The number of fused-ring (bicyclic) bond motifs is 1. The van der Waals surface area contributed by atoms with E-state index in [1.165, 1.54) is 4.90 Å². The monoisotopic (exact) mass is 278 g/mol. The fourth-order valence-corrected chi connectivity index (χ4v) is 2.21. The number of carboxylic acids is 1. The van der Waals surface area contributed by atoms with Gasteiger partial charge in [-0.1, -0.05) is 18.2 Å². The number of ether oxygens (including phenoxy) is 1. The van der Waals surface area contributed by atoms with E-state index in [0.29, 0.717) is 24.5 Å². The molecule has 1 aliphatic rings. The van der Waals surface area contributed by atoms with E-state index >= 15 is 0 Å². The zero-order chi connectivity index (χ0) is 14.7. The number of likely N-dealkylation sites (N-methyl/N-ethyl adjacent to an activating group) is 1.